The zero-order valence-corrected chi connectivity index (χ0v) is 15.4. The molecule has 1 amide bonds. The van der Waals surface area contributed by atoms with Gasteiger partial charge < -0.3 is 10.1 Å². The van der Waals surface area contributed by atoms with Gasteiger partial charge in [-0.15, -0.1) is 11.3 Å². The van der Waals surface area contributed by atoms with Crippen molar-refractivity contribution < 1.29 is 17.9 Å². The van der Waals surface area contributed by atoms with Crippen molar-refractivity contribution in [1.29, 1.82) is 0 Å². The quantitative estimate of drug-likeness (QED) is 0.686. The number of amides is 1. The monoisotopic (exact) mass is 380 g/mol. The second-order valence-corrected chi connectivity index (χ2v) is 7.66. The Morgan fingerprint density at radius 2 is 2.16 bits per heavy atom. The molecule has 0 aliphatic carbocycles. The molecule has 0 aliphatic rings. The summed E-state index contributed by atoms with van der Waals surface area (Å²) in [5.41, 5.74) is 0.745. The van der Waals surface area contributed by atoms with Gasteiger partial charge in [0.05, 0.1) is 6.61 Å². The van der Waals surface area contributed by atoms with Crippen molar-refractivity contribution >= 4 is 33.3 Å². The largest absolute Gasteiger partial charge is 0.492 e. The van der Waals surface area contributed by atoms with E-state index in [2.05, 4.69) is 5.32 Å². The van der Waals surface area contributed by atoms with Gasteiger partial charge in [0.15, 0.2) is 0 Å². The average Bonchev–Trinajstić information content (AvgIpc) is 3.07. The third-order valence-electron chi connectivity index (χ3n) is 3.27. The summed E-state index contributed by atoms with van der Waals surface area (Å²) in [7, 11) is -3.88. The van der Waals surface area contributed by atoms with Gasteiger partial charge in [0.1, 0.15) is 10.6 Å². The summed E-state index contributed by atoms with van der Waals surface area (Å²) in [6.07, 6.45) is 3.70. The Balaban J connectivity index is 1.95. The number of thiophene rings is 1. The molecule has 1 heterocycles. The number of nitrogens with two attached hydrogens (primary N) is 1. The molecule has 1 aromatic heterocycles. The van der Waals surface area contributed by atoms with Gasteiger partial charge in [0.25, 0.3) is 0 Å². The van der Waals surface area contributed by atoms with Crippen LogP contribution in [0.15, 0.2) is 46.7 Å². The van der Waals surface area contributed by atoms with Crippen LogP contribution in [0.2, 0.25) is 0 Å². The van der Waals surface area contributed by atoms with Crippen LogP contribution in [0.4, 0.5) is 0 Å². The molecule has 0 unspecified atom stereocenters. The maximum absolute atomic E-state index is 11.8. The molecule has 0 bridgehead atoms. The number of sulfonamides is 1. The second kappa shape index (κ2) is 8.80. The lowest BCUT2D eigenvalue weighted by atomic mass is 10.1. The number of hydrogen-bond acceptors (Lipinski definition) is 5. The van der Waals surface area contributed by atoms with Gasteiger partial charge in [0.2, 0.25) is 15.9 Å². The van der Waals surface area contributed by atoms with E-state index in [0.717, 1.165) is 10.4 Å². The molecule has 0 saturated heterocycles. The van der Waals surface area contributed by atoms with Crippen LogP contribution in [-0.4, -0.2) is 27.5 Å². The molecule has 3 N–H and O–H groups in total. The Bertz CT molecular complexity index is 844. The number of rotatable bonds is 8. The van der Waals surface area contributed by atoms with E-state index in [-0.39, 0.29) is 16.6 Å². The van der Waals surface area contributed by atoms with Crippen LogP contribution in [0.5, 0.6) is 5.75 Å². The number of carbonyl (C=O) groups excluding carboxylic acids is 1. The van der Waals surface area contributed by atoms with Crippen molar-refractivity contribution in [2.75, 3.05) is 13.2 Å². The molecule has 1 aromatic carbocycles. The van der Waals surface area contributed by atoms with E-state index in [9.17, 15) is 13.2 Å². The van der Waals surface area contributed by atoms with Gasteiger partial charge >= 0.3 is 0 Å². The molecule has 134 valence electrons. The molecule has 25 heavy (non-hydrogen) atoms. The lowest BCUT2D eigenvalue weighted by Gasteiger charge is -2.11. The van der Waals surface area contributed by atoms with Crippen molar-refractivity contribution in [2.45, 2.75) is 18.2 Å². The van der Waals surface area contributed by atoms with Gasteiger partial charge in [-0.1, -0.05) is 12.1 Å². The first-order chi connectivity index (χ1) is 11.9. The highest BCUT2D eigenvalue weighted by Gasteiger charge is 2.15. The van der Waals surface area contributed by atoms with Crippen molar-refractivity contribution in [3.05, 3.63) is 52.2 Å². The number of benzene rings is 1. The predicted octanol–water partition coefficient (Wildman–Crippen LogP) is 2.17. The molecule has 0 aliphatic heterocycles. The summed E-state index contributed by atoms with van der Waals surface area (Å²) in [5, 5.41) is 9.93. The van der Waals surface area contributed by atoms with Gasteiger partial charge in [-0.2, -0.15) is 0 Å². The van der Waals surface area contributed by atoms with Crippen LogP contribution in [-0.2, 0) is 21.2 Å². The maximum atomic E-state index is 11.8. The van der Waals surface area contributed by atoms with Crippen LogP contribution >= 0.6 is 11.3 Å². The van der Waals surface area contributed by atoms with Crippen LogP contribution < -0.4 is 15.2 Å². The molecule has 2 aromatic rings. The maximum Gasteiger partial charge on any atom is 0.244 e. The minimum Gasteiger partial charge on any atom is -0.492 e. The molecular formula is C17H20N2O4S2. The third kappa shape index (κ3) is 6.00. The van der Waals surface area contributed by atoms with Crippen molar-refractivity contribution in [3.8, 4) is 5.75 Å². The van der Waals surface area contributed by atoms with E-state index in [1.807, 2.05) is 17.5 Å². The fraction of sp³-hybridized carbons (Fsp3) is 0.235. The summed E-state index contributed by atoms with van der Waals surface area (Å²) in [4.78, 5) is 12.7. The van der Waals surface area contributed by atoms with Gasteiger partial charge in [-0.25, -0.2) is 13.6 Å². The Morgan fingerprint density at radius 1 is 1.36 bits per heavy atom. The second-order valence-electron chi connectivity index (χ2n) is 5.15. The van der Waals surface area contributed by atoms with Crippen LogP contribution in [0.1, 0.15) is 17.4 Å². The van der Waals surface area contributed by atoms with Crippen LogP contribution in [0, 0.1) is 0 Å². The summed E-state index contributed by atoms with van der Waals surface area (Å²) in [5.74, 6) is 0.0303. The number of carbonyl (C=O) groups is 1. The summed E-state index contributed by atoms with van der Waals surface area (Å²) >= 11 is 1.55. The minimum atomic E-state index is -3.88. The van der Waals surface area contributed by atoms with Crippen molar-refractivity contribution in [3.63, 3.8) is 0 Å². The van der Waals surface area contributed by atoms with Gasteiger partial charge in [-0.05, 0) is 48.6 Å². The lowest BCUT2D eigenvalue weighted by molar-refractivity contribution is -0.116. The fourth-order valence-electron chi connectivity index (χ4n) is 2.14. The summed E-state index contributed by atoms with van der Waals surface area (Å²) in [6, 6.07) is 8.65. The van der Waals surface area contributed by atoms with E-state index in [1.165, 1.54) is 12.1 Å². The molecule has 0 saturated carbocycles. The van der Waals surface area contributed by atoms with E-state index in [1.54, 1.807) is 36.5 Å². The number of ether oxygens (including phenoxy) is 1. The lowest BCUT2D eigenvalue weighted by Crippen LogP contribution is -2.23. The van der Waals surface area contributed by atoms with Crippen LogP contribution in [0.3, 0.4) is 0 Å². The first-order valence-electron chi connectivity index (χ1n) is 7.68. The molecule has 0 radical (unpaired) electrons. The van der Waals surface area contributed by atoms with E-state index in [4.69, 9.17) is 9.88 Å². The first kappa shape index (κ1) is 19.2. The van der Waals surface area contributed by atoms with Gasteiger partial charge in [0, 0.05) is 17.5 Å². The number of nitrogens with one attached hydrogen (secondary N) is 1. The van der Waals surface area contributed by atoms with Crippen LogP contribution in [0.25, 0.3) is 6.08 Å². The Hall–Kier alpha value is -2.16. The van der Waals surface area contributed by atoms with E-state index >= 15 is 0 Å². The zero-order valence-electron chi connectivity index (χ0n) is 13.8. The van der Waals surface area contributed by atoms with E-state index in [0.29, 0.717) is 19.6 Å². The van der Waals surface area contributed by atoms with Gasteiger partial charge in [-0.3, -0.25) is 4.79 Å². The summed E-state index contributed by atoms with van der Waals surface area (Å²) in [6.45, 7) is 2.49. The molecule has 8 heteroatoms. The third-order valence-corrected chi connectivity index (χ3v) is 5.04. The first-order valence-corrected chi connectivity index (χ1v) is 10.1. The summed E-state index contributed by atoms with van der Waals surface area (Å²) < 4.78 is 28.7. The van der Waals surface area contributed by atoms with Crippen molar-refractivity contribution in [1.82, 2.24) is 5.32 Å². The highest BCUT2D eigenvalue weighted by Crippen LogP contribution is 2.24. The molecular weight excluding hydrogens is 360 g/mol. The number of hydrogen-bond donors (Lipinski definition) is 2. The molecule has 0 spiro atoms. The molecule has 0 fully saturated rings. The Labute approximate surface area is 151 Å². The number of primary sulfonamides is 1. The normalized spacial score (nSPS) is 11.6. The SMILES string of the molecule is CCOc1ccc(CCNC(=O)C=Cc2cccs2)cc1S(N)(=O)=O. The zero-order chi connectivity index (χ0) is 18.3. The molecule has 6 nitrogen and oxygen atoms in total. The smallest absolute Gasteiger partial charge is 0.244 e. The highest BCUT2D eigenvalue weighted by atomic mass is 32.2. The molecule has 2 rings (SSSR count). The Kier molecular flexibility index (Phi) is 6.74. The minimum absolute atomic E-state index is 0.0456. The standard InChI is InChI=1S/C17H20N2O4S2/c1-2-23-15-7-5-13(12-16(15)25(18,21)22)9-10-19-17(20)8-6-14-4-3-11-24-14/h3-8,11-12H,2,9-10H2,1H3,(H,19,20)(H2,18,21,22). The van der Waals surface area contributed by atoms with Crippen molar-refractivity contribution in [2.24, 2.45) is 5.14 Å². The van der Waals surface area contributed by atoms with E-state index < -0.39 is 10.0 Å². The highest BCUT2D eigenvalue weighted by molar-refractivity contribution is 7.89. The Morgan fingerprint density at radius 3 is 2.80 bits per heavy atom. The topological polar surface area (TPSA) is 98.5 Å². The fourth-order valence-corrected chi connectivity index (χ4v) is 3.48. The molecule has 0 atom stereocenters. The predicted molar refractivity (Wildman–Crippen MR) is 99.1 cm³/mol. The average molecular weight is 380 g/mol.